The van der Waals surface area contributed by atoms with Gasteiger partial charge in [0.25, 0.3) is 11.8 Å². The van der Waals surface area contributed by atoms with Crippen LogP contribution in [0.3, 0.4) is 0 Å². The molecule has 9 heteroatoms. The Labute approximate surface area is 128 Å². The average molecular weight is 326 g/mol. The van der Waals surface area contributed by atoms with Gasteiger partial charge >= 0.3 is 0 Å². The molecule has 0 radical (unpaired) electrons. The summed E-state index contributed by atoms with van der Waals surface area (Å²) in [5, 5.41) is 1.58. The van der Waals surface area contributed by atoms with E-state index in [1.807, 2.05) is 6.07 Å². The fraction of sp³-hybridized carbons (Fsp3) is 0.385. The van der Waals surface area contributed by atoms with Gasteiger partial charge in [0.05, 0.1) is 0 Å². The molecule has 1 heterocycles. The maximum absolute atomic E-state index is 12.3. The zero-order chi connectivity index (χ0) is 16.2. The topological polar surface area (TPSA) is 128 Å². The lowest BCUT2D eigenvalue weighted by atomic mass is 10.1. The monoisotopic (exact) mass is 326 g/mol. The summed E-state index contributed by atoms with van der Waals surface area (Å²) < 4.78 is 17.5. The van der Waals surface area contributed by atoms with Crippen LogP contribution < -0.4 is 21.4 Å². The third-order valence-electron chi connectivity index (χ3n) is 3.38. The Bertz CT molecular complexity index is 583. The summed E-state index contributed by atoms with van der Waals surface area (Å²) in [6, 6.07) is 8.73. The minimum Gasteiger partial charge on any atom is -0.484 e. The molecule has 1 aliphatic rings. The van der Waals surface area contributed by atoms with Crippen molar-refractivity contribution in [1.29, 1.82) is 0 Å². The summed E-state index contributed by atoms with van der Waals surface area (Å²) in [7, 11) is -2.90. The van der Waals surface area contributed by atoms with Crippen molar-refractivity contribution in [3.05, 3.63) is 30.3 Å². The normalized spacial score (nSPS) is 23.0. The zero-order valence-corrected chi connectivity index (χ0v) is 13.0. The van der Waals surface area contributed by atoms with Crippen LogP contribution in [0.4, 0.5) is 0 Å². The summed E-state index contributed by atoms with van der Waals surface area (Å²) in [6.45, 7) is 0.0506. The van der Waals surface area contributed by atoms with Crippen molar-refractivity contribution in [2.45, 2.75) is 18.1 Å². The summed E-state index contributed by atoms with van der Waals surface area (Å²) in [6.07, 6.45) is 0.753. The number of piperidine rings is 1. The first-order chi connectivity index (χ1) is 10.4. The first-order valence-corrected chi connectivity index (χ1v) is 8.22. The Morgan fingerprint density at radius 1 is 1.41 bits per heavy atom. The number of carbonyl (C=O) groups excluding carboxylic acids is 2. The van der Waals surface area contributed by atoms with Gasteiger partial charge in [-0.2, -0.15) is 0 Å². The van der Waals surface area contributed by atoms with Gasteiger partial charge in [-0.1, -0.05) is 18.2 Å². The molecule has 0 saturated carbocycles. The van der Waals surface area contributed by atoms with Gasteiger partial charge in [0.15, 0.2) is 19.8 Å². The van der Waals surface area contributed by atoms with Gasteiger partial charge in [-0.05, 0) is 25.0 Å². The van der Waals surface area contributed by atoms with E-state index < -0.39 is 25.0 Å². The SMILES string of the molecule is NN1CCC[C@](N)([PH](=O)NC(=O)COc2ccccc2)C1=O. The van der Waals surface area contributed by atoms with Gasteiger partial charge in [0.2, 0.25) is 0 Å². The fourth-order valence-electron chi connectivity index (χ4n) is 2.14. The van der Waals surface area contributed by atoms with E-state index in [0.29, 0.717) is 18.7 Å². The molecule has 0 aliphatic carbocycles. The van der Waals surface area contributed by atoms with Gasteiger partial charge < -0.3 is 20.1 Å². The van der Waals surface area contributed by atoms with Gasteiger partial charge in [-0.3, -0.25) is 14.6 Å². The molecule has 2 amide bonds. The molecule has 1 fully saturated rings. The first kappa shape index (κ1) is 16.5. The molecular formula is C13H19N4O4P. The highest BCUT2D eigenvalue weighted by Gasteiger charge is 2.45. The second-order valence-electron chi connectivity index (χ2n) is 5.05. The van der Waals surface area contributed by atoms with Crippen molar-refractivity contribution < 1.29 is 18.9 Å². The highest BCUT2D eigenvalue weighted by Crippen LogP contribution is 2.38. The lowest BCUT2D eigenvalue weighted by Gasteiger charge is -2.35. The third-order valence-corrected chi connectivity index (χ3v) is 5.16. The Morgan fingerprint density at radius 3 is 2.77 bits per heavy atom. The average Bonchev–Trinajstić information content (AvgIpc) is 2.51. The second kappa shape index (κ2) is 6.91. The number of nitrogens with zero attached hydrogens (tertiary/aromatic N) is 1. The molecule has 1 aliphatic heterocycles. The summed E-state index contributed by atoms with van der Waals surface area (Å²) in [5.74, 6) is 4.80. The number of amides is 2. The number of rotatable bonds is 5. The van der Waals surface area contributed by atoms with Crippen molar-refractivity contribution >= 4 is 19.8 Å². The minimum absolute atomic E-state index is 0.219. The first-order valence-electron chi connectivity index (χ1n) is 6.81. The number of hydrogen-bond donors (Lipinski definition) is 3. The summed E-state index contributed by atoms with van der Waals surface area (Å²) >= 11 is 0. The molecule has 1 saturated heterocycles. The lowest BCUT2D eigenvalue weighted by molar-refractivity contribution is -0.136. The van der Waals surface area contributed by atoms with Crippen LogP contribution in [0.25, 0.3) is 0 Å². The smallest absolute Gasteiger partial charge is 0.265 e. The maximum Gasteiger partial charge on any atom is 0.265 e. The number of carbonyl (C=O) groups is 2. The van der Waals surface area contributed by atoms with Crippen molar-refractivity contribution in [2.24, 2.45) is 11.6 Å². The molecule has 5 N–H and O–H groups in total. The van der Waals surface area contributed by atoms with E-state index in [4.69, 9.17) is 16.3 Å². The predicted molar refractivity (Wildman–Crippen MR) is 81.1 cm³/mol. The fourth-order valence-corrected chi connectivity index (χ4v) is 3.43. The van der Waals surface area contributed by atoms with Crippen LogP contribution in [0, 0.1) is 0 Å². The molecule has 0 aromatic heterocycles. The number of hydrogen-bond acceptors (Lipinski definition) is 6. The van der Waals surface area contributed by atoms with Crippen LogP contribution in [0.15, 0.2) is 30.3 Å². The van der Waals surface area contributed by atoms with Crippen LogP contribution in [-0.2, 0) is 14.2 Å². The predicted octanol–water partition coefficient (Wildman–Crippen LogP) is -0.193. The largest absolute Gasteiger partial charge is 0.484 e. The maximum atomic E-state index is 12.3. The molecule has 22 heavy (non-hydrogen) atoms. The number of ether oxygens (including phenoxy) is 1. The van der Waals surface area contributed by atoms with Crippen LogP contribution in [0.5, 0.6) is 5.75 Å². The molecule has 1 aromatic rings. The molecule has 2 rings (SSSR count). The summed E-state index contributed by atoms with van der Waals surface area (Å²) in [5.41, 5.74) is 5.90. The molecule has 2 atom stereocenters. The molecular weight excluding hydrogens is 307 g/mol. The Balaban J connectivity index is 1.90. The van der Waals surface area contributed by atoms with E-state index in [1.54, 1.807) is 24.3 Å². The molecule has 120 valence electrons. The highest BCUT2D eigenvalue weighted by molar-refractivity contribution is 7.46. The van der Waals surface area contributed by atoms with Crippen molar-refractivity contribution in [3.8, 4) is 5.75 Å². The standard InChI is InChI=1S/C13H19N4O4P/c14-13(7-4-8-17(15)12(13)19)22(20)16-11(18)9-21-10-5-2-1-3-6-10/h1-3,5-6,22H,4,7-9,14-15H2,(H,16,18,20)/t13-/m0/s1. The molecule has 8 nitrogen and oxygen atoms in total. The molecule has 0 spiro atoms. The van der Waals surface area contributed by atoms with Crippen molar-refractivity contribution in [1.82, 2.24) is 10.1 Å². The van der Waals surface area contributed by atoms with Crippen LogP contribution in [0.1, 0.15) is 12.8 Å². The molecule has 1 unspecified atom stereocenters. The van der Waals surface area contributed by atoms with E-state index >= 15 is 0 Å². The Morgan fingerprint density at radius 2 is 2.09 bits per heavy atom. The van der Waals surface area contributed by atoms with E-state index in [1.165, 1.54) is 0 Å². The second-order valence-corrected chi connectivity index (χ2v) is 6.85. The lowest BCUT2D eigenvalue weighted by Crippen LogP contribution is -2.60. The number of para-hydroxylation sites is 1. The van der Waals surface area contributed by atoms with Crippen LogP contribution in [0.2, 0.25) is 0 Å². The number of hydrazine groups is 1. The molecule has 1 aromatic carbocycles. The number of nitrogens with one attached hydrogen (secondary N) is 1. The highest BCUT2D eigenvalue weighted by atomic mass is 31.1. The van der Waals surface area contributed by atoms with Crippen molar-refractivity contribution in [3.63, 3.8) is 0 Å². The minimum atomic E-state index is -2.90. The van der Waals surface area contributed by atoms with E-state index in [2.05, 4.69) is 5.09 Å². The number of nitrogens with two attached hydrogens (primary N) is 2. The van der Waals surface area contributed by atoms with Gasteiger partial charge in [0, 0.05) is 6.54 Å². The molecule has 0 bridgehead atoms. The van der Waals surface area contributed by atoms with E-state index in [9.17, 15) is 14.2 Å². The van der Waals surface area contributed by atoms with Crippen LogP contribution >= 0.6 is 7.95 Å². The van der Waals surface area contributed by atoms with Crippen LogP contribution in [-0.4, -0.2) is 35.3 Å². The quantitative estimate of drug-likeness (QED) is 0.391. The Kier molecular flexibility index (Phi) is 5.18. The summed E-state index contributed by atoms with van der Waals surface area (Å²) in [4.78, 5) is 23.7. The van der Waals surface area contributed by atoms with Gasteiger partial charge in [-0.15, -0.1) is 0 Å². The van der Waals surface area contributed by atoms with Gasteiger partial charge in [0.1, 0.15) is 5.75 Å². The third kappa shape index (κ3) is 3.65. The Hall–Kier alpha value is -1.89. The van der Waals surface area contributed by atoms with E-state index in [0.717, 1.165) is 5.01 Å². The van der Waals surface area contributed by atoms with Crippen molar-refractivity contribution in [2.75, 3.05) is 13.2 Å². The number of benzene rings is 1. The van der Waals surface area contributed by atoms with E-state index in [-0.39, 0.29) is 13.0 Å². The van der Waals surface area contributed by atoms with Gasteiger partial charge in [-0.25, -0.2) is 5.84 Å². The zero-order valence-electron chi connectivity index (χ0n) is 12.0.